The second-order valence-electron chi connectivity index (χ2n) is 8.25. The fourth-order valence-electron chi connectivity index (χ4n) is 3.76. The number of aromatic amines is 1. The first kappa shape index (κ1) is 25.5. The summed E-state index contributed by atoms with van der Waals surface area (Å²) in [5.74, 6) is 1.93. The van der Waals surface area contributed by atoms with E-state index in [2.05, 4.69) is 20.5 Å². The Labute approximate surface area is 211 Å². The third-order valence-corrected chi connectivity index (χ3v) is 5.71. The lowest BCUT2D eigenvalue weighted by Gasteiger charge is -2.16. The number of ether oxygens (including phenoxy) is 3. The molecule has 3 N–H and O–H groups in total. The van der Waals surface area contributed by atoms with E-state index >= 15 is 0 Å². The summed E-state index contributed by atoms with van der Waals surface area (Å²) in [6, 6.07) is 12.7. The summed E-state index contributed by atoms with van der Waals surface area (Å²) in [6.45, 7) is 1.84. The van der Waals surface area contributed by atoms with Gasteiger partial charge in [-0.15, -0.1) is 0 Å². The zero-order chi connectivity index (χ0) is 26.5. The number of imidazole rings is 1. The average Bonchev–Trinajstić information content (AvgIpc) is 3.25. The van der Waals surface area contributed by atoms with Gasteiger partial charge in [0.2, 0.25) is 5.95 Å². The summed E-state index contributed by atoms with van der Waals surface area (Å²) in [7, 11) is 4.58. The minimum atomic E-state index is -0.996. The molecule has 0 radical (unpaired) electrons. The van der Waals surface area contributed by atoms with Crippen molar-refractivity contribution in [2.45, 2.75) is 19.6 Å². The van der Waals surface area contributed by atoms with Gasteiger partial charge in [-0.1, -0.05) is 18.2 Å². The van der Waals surface area contributed by atoms with E-state index in [1.165, 1.54) is 29.5 Å². The van der Waals surface area contributed by atoms with Crippen molar-refractivity contribution < 1.29 is 19.3 Å². The van der Waals surface area contributed by atoms with Crippen LogP contribution in [0, 0.1) is 6.92 Å². The second-order valence-corrected chi connectivity index (χ2v) is 8.25. The van der Waals surface area contributed by atoms with E-state index in [1.54, 1.807) is 25.3 Å². The van der Waals surface area contributed by atoms with Crippen LogP contribution in [0.3, 0.4) is 0 Å². The number of aliphatic hydroxyl groups is 1. The lowest BCUT2D eigenvalue weighted by atomic mass is 10.2. The van der Waals surface area contributed by atoms with Crippen LogP contribution in [0.1, 0.15) is 11.1 Å². The first-order chi connectivity index (χ1) is 17.8. The number of nitrogens with zero attached hydrogens (tertiary/aromatic N) is 4. The van der Waals surface area contributed by atoms with E-state index in [1.807, 2.05) is 31.2 Å². The number of para-hydroxylation sites is 1. The van der Waals surface area contributed by atoms with Crippen LogP contribution in [0.4, 0.5) is 5.95 Å². The summed E-state index contributed by atoms with van der Waals surface area (Å²) in [4.78, 5) is 31.5. The average molecular weight is 509 g/mol. The molecule has 0 aliphatic heterocycles. The van der Waals surface area contributed by atoms with Crippen LogP contribution in [0.25, 0.3) is 11.2 Å². The van der Waals surface area contributed by atoms with E-state index in [0.29, 0.717) is 22.8 Å². The number of hydrogen-bond donors (Lipinski definition) is 3. The smallest absolute Gasteiger partial charge is 0.329 e. The predicted octanol–water partition coefficient (Wildman–Crippen LogP) is 1.63. The highest BCUT2D eigenvalue weighted by atomic mass is 16.5. The third kappa shape index (κ3) is 5.48. The minimum Gasteiger partial charge on any atom is -0.493 e. The first-order valence-electron chi connectivity index (χ1n) is 11.4. The standard InChI is InChI=1S/C25H28N6O6/c1-15-7-5-6-8-18(15)37-14-17(32)13-31-21-22(30(2)25(34)28-23(21)33)27-24(31)29-26-12-16-9-10-19(35-3)20(11-16)36-4/h5-12,17,32H,13-14H2,1-4H3,(H,27,29)(H,28,33,34)/b26-12-. The molecule has 0 aliphatic carbocycles. The molecule has 0 saturated carbocycles. The number of methoxy groups -OCH3 is 2. The van der Waals surface area contributed by atoms with Crippen LogP contribution >= 0.6 is 0 Å². The predicted molar refractivity (Wildman–Crippen MR) is 139 cm³/mol. The van der Waals surface area contributed by atoms with Gasteiger partial charge >= 0.3 is 5.69 Å². The van der Waals surface area contributed by atoms with Crippen LogP contribution < -0.4 is 30.9 Å². The van der Waals surface area contributed by atoms with Crippen molar-refractivity contribution in [3.05, 3.63) is 74.4 Å². The molecule has 1 unspecified atom stereocenters. The van der Waals surface area contributed by atoms with Gasteiger partial charge in [0, 0.05) is 7.05 Å². The van der Waals surface area contributed by atoms with Crippen LogP contribution in [0.2, 0.25) is 0 Å². The number of aryl methyl sites for hydroxylation is 2. The largest absolute Gasteiger partial charge is 0.493 e. The zero-order valence-corrected chi connectivity index (χ0v) is 20.9. The van der Waals surface area contributed by atoms with Crippen molar-refractivity contribution in [1.82, 2.24) is 19.1 Å². The van der Waals surface area contributed by atoms with Crippen molar-refractivity contribution in [2.75, 3.05) is 26.3 Å². The maximum atomic E-state index is 12.7. The Hall–Kier alpha value is -4.58. The van der Waals surface area contributed by atoms with Crippen molar-refractivity contribution in [3.63, 3.8) is 0 Å². The second kappa shape index (κ2) is 11.0. The number of nitrogens with one attached hydrogen (secondary N) is 2. The molecule has 0 spiro atoms. The van der Waals surface area contributed by atoms with Crippen molar-refractivity contribution in [3.8, 4) is 17.2 Å². The summed E-state index contributed by atoms with van der Waals surface area (Å²) in [6.07, 6.45) is 0.538. The van der Waals surface area contributed by atoms with E-state index < -0.39 is 17.4 Å². The number of fused-ring (bicyclic) bond motifs is 1. The summed E-state index contributed by atoms with van der Waals surface area (Å²) in [5.41, 5.74) is 3.47. The molecule has 2 aromatic carbocycles. The highest BCUT2D eigenvalue weighted by Gasteiger charge is 2.20. The maximum absolute atomic E-state index is 12.7. The molecule has 0 amide bonds. The summed E-state index contributed by atoms with van der Waals surface area (Å²) < 4.78 is 19.0. The summed E-state index contributed by atoms with van der Waals surface area (Å²) in [5, 5.41) is 15.0. The Bertz CT molecular complexity index is 1550. The number of hydrazone groups is 1. The number of benzene rings is 2. The van der Waals surface area contributed by atoms with Crippen LogP contribution in [-0.4, -0.2) is 57.4 Å². The molecule has 37 heavy (non-hydrogen) atoms. The van der Waals surface area contributed by atoms with Crippen LogP contribution in [-0.2, 0) is 13.6 Å². The van der Waals surface area contributed by atoms with Gasteiger partial charge < -0.3 is 23.9 Å². The lowest BCUT2D eigenvalue weighted by Crippen LogP contribution is -2.30. The molecule has 0 fully saturated rings. The fraction of sp³-hybridized carbons (Fsp3) is 0.280. The number of rotatable bonds is 10. The number of H-pyrrole nitrogens is 1. The molecule has 12 nitrogen and oxygen atoms in total. The van der Waals surface area contributed by atoms with Gasteiger partial charge in [-0.2, -0.15) is 10.1 Å². The van der Waals surface area contributed by atoms with Gasteiger partial charge in [-0.3, -0.25) is 14.3 Å². The number of aliphatic hydroxyl groups excluding tert-OH is 1. The Morgan fingerprint density at radius 1 is 1.14 bits per heavy atom. The highest BCUT2D eigenvalue weighted by molar-refractivity contribution is 5.82. The maximum Gasteiger partial charge on any atom is 0.329 e. The van der Waals surface area contributed by atoms with E-state index in [4.69, 9.17) is 14.2 Å². The fourth-order valence-corrected chi connectivity index (χ4v) is 3.76. The van der Waals surface area contributed by atoms with Gasteiger partial charge in [-0.25, -0.2) is 10.2 Å². The quantitative estimate of drug-likeness (QED) is 0.217. The zero-order valence-electron chi connectivity index (χ0n) is 20.9. The normalized spacial score (nSPS) is 12.1. The van der Waals surface area contributed by atoms with Crippen LogP contribution in [0.5, 0.6) is 17.2 Å². The Kier molecular flexibility index (Phi) is 7.58. The Balaban J connectivity index is 1.62. The van der Waals surface area contributed by atoms with Crippen LogP contribution in [0.15, 0.2) is 57.2 Å². The van der Waals surface area contributed by atoms with Gasteiger partial charge in [0.05, 0.1) is 27.0 Å². The molecule has 2 aromatic heterocycles. The van der Waals surface area contributed by atoms with Crippen molar-refractivity contribution in [1.29, 1.82) is 0 Å². The topological polar surface area (TPSA) is 145 Å². The molecular formula is C25H28N6O6. The van der Waals surface area contributed by atoms with Gasteiger partial charge in [0.25, 0.3) is 5.56 Å². The monoisotopic (exact) mass is 508 g/mol. The molecule has 2 heterocycles. The molecule has 194 valence electrons. The SMILES string of the molecule is COc1ccc(/C=N\Nc2nc3c(c(=O)[nH]c(=O)n3C)n2CC(O)COc2ccccc2C)cc1OC. The Morgan fingerprint density at radius 3 is 2.62 bits per heavy atom. The molecule has 12 heteroatoms. The molecule has 0 bridgehead atoms. The van der Waals surface area contributed by atoms with E-state index in [9.17, 15) is 14.7 Å². The number of hydrogen-bond acceptors (Lipinski definition) is 9. The lowest BCUT2D eigenvalue weighted by molar-refractivity contribution is 0.0935. The molecular weight excluding hydrogens is 480 g/mol. The number of anilines is 1. The number of aromatic nitrogens is 4. The molecule has 4 rings (SSSR count). The van der Waals surface area contributed by atoms with Gasteiger partial charge in [0.15, 0.2) is 22.7 Å². The van der Waals surface area contributed by atoms with E-state index in [0.717, 1.165) is 5.56 Å². The molecule has 4 aromatic rings. The molecule has 0 aliphatic rings. The first-order valence-corrected chi connectivity index (χ1v) is 11.4. The summed E-state index contributed by atoms with van der Waals surface area (Å²) >= 11 is 0. The van der Waals surface area contributed by atoms with E-state index in [-0.39, 0.29) is 30.3 Å². The molecule has 0 saturated heterocycles. The van der Waals surface area contributed by atoms with Gasteiger partial charge in [0.1, 0.15) is 18.5 Å². The van der Waals surface area contributed by atoms with Gasteiger partial charge in [-0.05, 0) is 42.3 Å². The third-order valence-electron chi connectivity index (χ3n) is 5.71. The minimum absolute atomic E-state index is 0.0253. The highest BCUT2D eigenvalue weighted by Crippen LogP contribution is 2.27. The van der Waals surface area contributed by atoms with Crippen molar-refractivity contribution in [2.24, 2.45) is 12.1 Å². The van der Waals surface area contributed by atoms with Crippen molar-refractivity contribution >= 4 is 23.3 Å². The molecule has 1 atom stereocenters. The Morgan fingerprint density at radius 2 is 1.89 bits per heavy atom.